The van der Waals surface area contributed by atoms with Crippen molar-refractivity contribution in [1.82, 2.24) is 24.9 Å². The van der Waals surface area contributed by atoms with Gasteiger partial charge in [-0.05, 0) is 24.6 Å². The molecule has 0 radical (unpaired) electrons. The van der Waals surface area contributed by atoms with E-state index in [-0.39, 0.29) is 18.2 Å². The molecule has 4 heterocycles. The Morgan fingerprint density at radius 3 is 2.77 bits per heavy atom. The van der Waals surface area contributed by atoms with Crippen LogP contribution in [0.4, 0.5) is 17.6 Å². The predicted octanol–water partition coefficient (Wildman–Crippen LogP) is 1.52. The van der Waals surface area contributed by atoms with Crippen LogP contribution < -0.4 is 15.5 Å². The van der Waals surface area contributed by atoms with Crippen LogP contribution in [0.15, 0.2) is 42.1 Å². The molecular weight excluding hydrogens is 398 g/mol. The van der Waals surface area contributed by atoms with Gasteiger partial charge in [-0.2, -0.15) is 19.6 Å². The van der Waals surface area contributed by atoms with E-state index in [9.17, 15) is 9.59 Å². The van der Waals surface area contributed by atoms with Crippen molar-refractivity contribution >= 4 is 41.1 Å². The summed E-state index contributed by atoms with van der Waals surface area (Å²) in [7, 11) is 0. The highest BCUT2D eigenvalue weighted by atomic mass is 16.5. The van der Waals surface area contributed by atoms with E-state index in [0.717, 1.165) is 18.7 Å². The fourth-order valence-electron chi connectivity index (χ4n) is 3.61. The van der Waals surface area contributed by atoms with Gasteiger partial charge in [-0.1, -0.05) is 18.2 Å². The second kappa shape index (κ2) is 8.15. The topological polar surface area (TPSA) is 114 Å². The minimum absolute atomic E-state index is 0.0483. The fraction of sp³-hybridized carbons (Fsp3) is 0.286. The van der Waals surface area contributed by atoms with Crippen molar-refractivity contribution in [1.29, 1.82) is 0 Å². The number of ether oxygens (including phenoxy) is 1. The van der Waals surface area contributed by atoms with Crippen molar-refractivity contribution in [3.63, 3.8) is 0 Å². The van der Waals surface area contributed by atoms with Gasteiger partial charge in [-0.3, -0.25) is 14.9 Å². The zero-order valence-electron chi connectivity index (χ0n) is 16.7. The number of para-hydroxylation sites is 1. The van der Waals surface area contributed by atoms with Gasteiger partial charge in [0, 0.05) is 36.5 Å². The molecule has 31 heavy (non-hydrogen) atoms. The van der Waals surface area contributed by atoms with E-state index in [2.05, 4.69) is 20.6 Å². The summed E-state index contributed by atoms with van der Waals surface area (Å²) < 4.78 is 7.17. The third-order valence-corrected chi connectivity index (χ3v) is 5.14. The molecule has 2 fully saturated rings. The molecule has 10 nitrogen and oxygen atoms in total. The number of carbonyl (C=O) groups is 2. The van der Waals surface area contributed by atoms with Crippen molar-refractivity contribution in [3.8, 4) is 0 Å². The molecular formula is C21H21N7O3. The molecule has 0 bridgehead atoms. The van der Waals surface area contributed by atoms with Gasteiger partial charge in [0.05, 0.1) is 19.2 Å². The number of nitrogens with zero attached hydrogens (tertiary/aromatic N) is 5. The number of amides is 2. The number of nitrogens with one attached hydrogen (secondary N) is 2. The fourth-order valence-corrected chi connectivity index (χ4v) is 3.61. The zero-order valence-corrected chi connectivity index (χ0v) is 16.7. The molecule has 10 heteroatoms. The number of rotatable bonds is 4. The number of benzene rings is 1. The minimum atomic E-state index is -0.383. The Kier molecular flexibility index (Phi) is 5.04. The summed E-state index contributed by atoms with van der Waals surface area (Å²) >= 11 is 0. The van der Waals surface area contributed by atoms with E-state index >= 15 is 0 Å². The molecule has 3 aromatic rings. The average molecular weight is 419 g/mol. The number of imide groups is 1. The number of fused-ring (bicyclic) bond motifs is 1. The number of hydrogen-bond donors (Lipinski definition) is 2. The Morgan fingerprint density at radius 2 is 1.97 bits per heavy atom. The summed E-state index contributed by atoms with van der Waals surface area (Å²) in [6, 6.07) is 9.68. The van der Waals surface area contributed by atoms with Gasteiger partial charge >= 0.3 is 0 Å². The Bertz CT molecular complexity index is 1160. The zero-order chi connectivity index (χ0) is 21.2. The second-order valence-corrected chi connectivity index (χ2v) is 7.35. The summed E-state index contributed by atoms with van der Waals surface area (Å²) in [4.78, 5) is 35.1. The van der Waals surface area contributed by atoms with Crippen LogP contribution in [-0.4, -0.2) is 57.7 Å². The lowest BCUT2D eigenvalue weighted by molar-refractivity contribution is -0.124. The van der Waals surface area contributed by atoms with Crippen molar-refractivity contribution in [3.05, 3.63) is 47.7 Å². The smallest absolute Gasteiger partial charge is 0.254 e. The first-order chi connectivity index (χ1) is 15.2. The lowest BCUT2D eigenvalue weighted by atomic mass is 10.1. The van der Waals surface area contributed by atoms with Gasteiger partial charge < -0.3 is 15.0 Å². The minimum Gasteiger partial charge on any atom is -0.380 e. The molecule has 0 atom stereocenters. The van der Waals surface area contributed by atoms with E-state index in [1.165, 1.54) is 0 Å². The van der Waals surface area contributed by atoms with Gasteiger partial charge in [0.25, 0.3) is 5.91 Å². The first-order valence-corrected chi connectivity index (χ1v) is 10.1. The molecule has 2 amide bonds. The molecule has 0 unspecified atom stereocenters. The second-order valence-electron chi connectivity index (χ2n) is 7.35. The molecule has 2 aliphatic heterocycles. The van der Waals surface area contributed by atoms with Crippen LogP contribution in [0.3, 0.4) is 0 Å². The SMILES string of the molecule is O=C1C/C(=C\c2cnn3c(Nc4ccccc4)nc(N4CCCOCC4)nc23)C(=O)N1. The lowest BCUT2D eigenvalue weighted by Crippen LogP contribution is -2.28. The van der Waals surface area contributed by atoms with Gasteiger partial charge in [0.15, 0.2) is 5.65 Å². The van der Waals surface area contributed by atoms with Gasteiger partial charge in [-0.25, -0.2) is 0 Å². The van der Waals surface area contributed by atoms with Crippen LogP contribution in [0.2, 0.25) is 0 Å². The summed E-state index contributed by atoms with van der Waals surface area (Å²) in [5.74, 6) is 0.376. The van der Waals surface area contributed by atoms with Crippen molar-refractivity contribution < 1.29 is 14.3 Å². The first-order valence-electron chi connectivity index (χ1n) is 10.1. The van der Waals surface area contributed by atoms with E-state index in [0.29, 0.717) is 48.4 Å². The van der Waals surface area contributed by atoms with Crippen LogP contribution in [0, 0.1) is 0 Å². The first kappa shape index (κ1) is 19.2. The van der Waals surface area contributed by atoms with E-state index in [4.69, 9.17) is 14.7 Å². The van der Waals surface area contributed by atoms with Crippen LogP contribution in [0.1, 0.15) is 18.4 Å². The highest BCUT2D eigenvalue weighted by Gasteiger charge is 2.25. The molecule has 0 spiro atoms. The highest BCUT2D eigenvalue weighted by molar-refractivity contribution is 6.15. The quantitative estimate of drug-likeness (QED) is 0.483. The maximum absolute atomic E-state index is 12.0. The Morgan fingerprint density at radius 1 is 1.10 bits per heavy atom. The van der Waals surface area contributed by atoms with Crippen molar-refractivity contribution in [2.45, 2.75) is 12.8 Å². The predicted molar refractivity (Wildman–Crippen MR) is 114 cm³/mol. The number of hydrogen-bond acceptors (Lipinski definition) is 8. The van der Waals surface area contributed by atoms with E-state index < -0.39 is 0 Å². The maximum atomic E-state index is 12.0. The lowest BCUT2D eigenvalue weighted by Gasteiger charge is -2.20. The van der Waals surface area contributed by atoms with E-state index in [1.54, 1.807) is 16.8 Å². The molecule has 0 aliphatic carbocycles. The summed E-state index contributed by atoms with van der Waals surface area (Å²) in [5, 5.41) is 10.0. The Labute approximate surface area is 177 Å². The Balaban J connectivity index is 1.60. The van der Waals surface area contributed by atoms with Gasteiger partial charge in [0.2, 0.25) is 17.8 Å². The maximum Gasteiger partial charge on any atom is 0.254 e. The monoisotopic (exact) mass is 419 g/mol. The molecule has 1 aromatic carbocycles. The molecule has 2 aromatic heterocycles. The standard InChI is InChI=1S/C21H21N7O3/c29-17-12-14(19(30)24-17)11-15-13-22-28-18(15)25-20(27-7-4-9-31-10-8-27)26-21(28)23-16-5-2-1-3-6-16/h1-3,5-6,11,13H,4,7-10,12H2,(H,23,25,26)(H,24,29,30)/b14-11+. The normalized spacial score (nSPS) is 18.5. The number of aromatic nitrogens is 4. The van der Waals surface area contributed by atoms with Crippen LogP contribution >= 0.6 is 0 Å². The van der Waals surface area contributed by atoms with Gasteiger partial charge in [0.1, 0.15) is 0 Å². The number of carbonyl (C=O) groups excluding carboxylic acids is 2. The molecule has 2 saturated heterocycles. The van der Waals surface area contributed by atoms with Crippen LogP contribution in [0.25, 0.3) is 11.7 Å². The largest absolute Gasteiger partial charge is 0.380 e. The van der Waals surface area contributed by atoms with E-state index in [1.807, 2.05) is 30.3 Å². The molecule has 0 saturated carbocycles. The summed E-state index contributed by atoms with van der Waals surface area (Å²) in [5.41, 5.74) is 2.45. The van der Waals surface area contributed by atoms with Crippen molar-refractivity contribution in [2.24, 2.45) is 0 Å². The molecule has 158 valence electrons. The third-order valence-electron chi connectivity index (χ3n) is 5.14. The third kappa shape index (κ3) is 3.97. The number of anilines is 3. The molecule has 5 rings (SSSR count). The Hall–Kier alpha value is -3.79. The average Bonchev–Trinajstić information content (AvgIpc) is 3.18. The van der Waals surface area contributed by atoms with Crippen molar-refractivity contribution in [2.75, 3.05) is 36.5 Å². The molecule has 2 aliphatic rings. The molecule has 2 N–H and O–H groups in total. The van der Waals surface area contributed by atoms with Gasteiger partial charge in [-0.15, -0.1) is 0 Å². The highest BCUT2D eigenvalue weighted by Crippen LogP contribution is 2.24. The van der Waals surface area contributed by atoms with Crippen LogP contribution in [0.5, 0.6) is 0 Å². The summed E-state index contributed by atoms with van der Waals surface area (Å²) in [6.45, 7) is 2.78. The summed E-state index contributed by atoms with van der Waals surface area (Å²) in [6.07, 6.45) is 4.22. The van der Waals surface area contributed by atoms with Crippen LogP contribution in [-0.2, 0) is 14.3 Å².